The zero-order chi connectivity index (χ0) is 17.8. The summed E-state index contributed by atoms with van der Waals surface area (Å²) in [5.41, 5.74) is 2.09. The van der Waals surface area contributed by atoms with Gasteiger partial charge in [0.15, 0.2) is 11.0 Å². The molecule has 0 amide bonds. The van der Waals surface area contributed by atoms with Gasteiger partial charge in [-0.15, -0.1) is 16.8 Å². The van der Waals surface area contributed by atoms with Crippen molar-refractivity contribution in [2.75, 3.05) is 0 Å². The van der Waals surface area contributed by atoms with Crippen LogP contribution in [0.5, 0.6) is 0 Å². The lowest BCUT2D eigenvalue weighted by Crippen LogP contribution is -2.00. The zero-order valence-electron chi connectivity index (χ0n) is 13.1. The highest BCUT2D eigenvalue weighted by molar-refractivity contribution is 9.10. The smallest absolute Gasteiger partial charge is 0.192 e. The molecule has 0 spiro atoms. The Morgan fingerprint density at radius 2 is 1.84 bits per heavy atom. The minimum atomic E-state index is 0.558. The molecule has 0 N–H and O–H groups in total. The zero-order valence-corrected chi connectivity index (χ0v) is 17.0. The molecule has 0 unspecified atom stereocenters. The van der Waals surface area contributed by atoms with Gasteiger partial charge in [-0.2, -0.15) is 0 Å². The minimum Gasteiger partial charge on any atom is -0.298 e. The number of halogens is 3. The van der Waals surface area contributed by atoms with Gasteiger partial charge in [0.25, 0.3) is 0 Å². The maximum absolute atomic E-state index is 6.08. The molecule has 3 aromatic rings. The number of thioether (sulfide) groups is 1. The summed E-state index contributed by atoms with van der Waals surface area (Å²) in [5, 5.41) is 10.7. The van der Waals surface area contributed by atoms with Crippen LogP contribution in [0.3, 0.4) is 0 Å². The Hall–Kier alpha value is -1.27. The lowest BCUT2D eigenvalue weighted by molar-refractivity contribution is 0.731. The van der Waals surface area contributed by atoms with Crippen molar-refractivity contribution in [1.29, 1.82) is 0 Å². The molecular weight excluding hydrogens is 441 g/mol. The summed E-state index contributed by atoms with van der Waals surface area (Å²) in [7, 11) is 0. The van der Waals surface area contributed by atoms with Gasteiger partial charge in [0.2, 0.25) is 0 Å². The number of hydrogen-bond acceptors (Lipinski definition) is 3. The maximum Gasteiger partial charge on any atom is 0.192 e. The first-order chi connectivity index (χ1) is 12.1. The summed E-state index contributed by atoms with van der Waals surface area (Å²) in [6.07, 6.45) is 1.84. The van der Waals surface area contributed by atoms with E-state index in [1.807, 2.05) is 48.5 Å². The Morgan fingerprint density at radius 3 is 2.52 bits per heavy atom. The summed E-state index contributed by atoms with van der Waals surface area (Å²) < 4.78 is 3.08. The number of aromatic nitrogens is 3. The normalized spacial score (nSPS) is 10.8. The van der Waals surface area contributed by atoms with Gasteiger partial charge in [-0.05, 0) is 29.8 Å². The maximum atomic E-state index is 6.08. The first kappa shape index (κ1) is 18.5. The monoisotopic (exact) mass is 453 g/mol. The van der Waals surface area contributed by atoms with Crippen molar-refractivity contribution in [2.24, 2.45) is 0 Å². The standard InChI is InChI=1S/C18H14BrCl2N3S/c1-2-9-24-17(13-4-6-14(19)7-5-13)22-23-18(24)25-11-12-3-8-15(20)16(21)10-12/h2-8,10H,1,9,11H2. The molecule has 0 saturated carbocycles. The van der Waals surface area contributed by atoms with E-state index in [1.165, 1.54) is 0 Å². The van der Waals surface area contributed by atoms with Gasteiger partial charge in [-0.1, -0.05) is 75.2 Å². The number of hydrogen-bond donors (Lipinski definition) is 0. The average molecular weight is 455 g/mol. The van der Waals surface area contributed by atoms with Crippen LogP contribution in [0.25, 0.3) is 11.4 Å². The number of allylic oxidation sites excluding steroid dienone is 1. The van der Waals surface area contributed by atoms with Crippen LogP contribution < -0.4 is 0 Å². The van der Waals surface area contributed by atoms with Crippen molar-refractivity contribution >= 4 is 50.9 Å². The molecule has 1 heterocycles. The molecule has 0 radical (unpaired) electrons. The second-order valence-corrected chi connectivity index (χ2v) is 7.92. The highest BCUT2D eigenvalue weighted by Gasteiger charge is 2.14. The van der Waals surface area contributed by atoms with E-state index in [-0.39, 0.29) is 0 Å². The molecule has 0 saturated heterocycles. The first-order valence-corrected chi connectivity index (χ1v) is 9.98. The fourth-order valence-electron chi connectivity index (χ4n) is 2.28. The molecule has 0 aliphatic heterocycles. The fourth-order valence-corrected chi connectivity index (χ4v) is 3.75. The number of benzene rings is 2. The van der Waals surface area contributed by atoms with Crippen LogP contribution in [0.1, 0.15) is 5.56 Å². The third-order valence-electron chi connectivity index (χ3n) is 3.48. The third-order valence-corrected chi connectivity index (χ3v) is 5.79. The molecule has 0 fully saturated rings. The Labute approximate surface area is 169 Å². The Morgan fingerprint density at radius 1 is 1.08 bits per heavy atom. The Bertz CT molecular complexity index is 894. The van der Waals surface area contributed by atoms with Crippen LogP contribution in [0.4, 0.5) is 0 Å². The van der Waals surface area contributed by atoms with Crippen LogP contribution in [0, 0.1) is 0 Å². The van der Waals surface area contributed by atoms with Gasteiger partial charge in [-0.25, -0.2) is 0 Å². The predicted molar refractivity (Wildman–Crippen MR) is 109 cm³/mol. The van der Waals surface area contributed by atoms with Crippen LogP contribution in [-0.4, -0.2) is 14.8 Å². The average Bonchev–Trinajstić information content (AvgIpc) is 3.00. The first-order valence-electron chi connectivity index (χ1n) is 7.45. The molecule has 3 nitrogen and oxygen atoms in total. The van der Waals surface area contributed by atoms with Crippen molar-refractivity contribution in [3.8, 4) is 11.4 Å². The van der Waals surface area contributed by atoms with E-state index >= 15 is 0 Å². The molecular formula is C18H14BrCl2N3S. The van der Waals surface area contributed by atoms with Gasteiger partial charge >= 0.3 is 0 Å². The van der Waals surface area contributed by atoms with Crippen molar-refractivity contribution in [3.63, 3.8) is 0 Å². The van der Waals surface area contributed by atoms with Gasteiger partial charge in [0, 0.05) is 22.3 Å². The Balaban J connectivity index is 1.84. The molecule has 25 heavy (non-hydrogen) atoms. The van der Waals surface area contributed by atoms with E-state index < -0.39 is 0 Å². The lowest BCUT2D eigenvalue weighted by atomic mass is 10.2. The van der Waals surface area contributed by atoms with Gasteiger partial charge in [0.05, 0.1) is 10.0 Å². The summed E-state index contributed by atoms with van der Waals surface area (Å²) in [6.45, 7) is 4.48. The minimum absolute atomic E-state index is 0.558. The SMILES string of the molecule is C=CCn1c(SCc2ccc(Cl)c(Cl)c2)nnc1-c1ccc(Br)cc1. The van der Waals surface area contributed by atoms with Gasteiger partial charge in [0.1, 0.15) is 0 Å². The van der Waals surface area contributed by atoms with Gasteiger partial charge in [-0.3, -0.25) is 4.57 Å². The summed E-state index contributed by atoms with van der Waals surface area (Å²) >= 11 is 17.1. The van der Waals surface area contributed by atoms with Crippen LogP contribution in [0.2, 0.25) is 10.0 Å². The highest BCUT2D eigenvalue weighted by Crippen LogP contribution is 2.29. The van der Waals surface area contributed by atoms with Crippen LogP contribution >= 0.6 is 50.9 Å². The van der Waals surface area contributed by atoms with E-state index in [4.69, 9.17) is 23.2 Å². The van der Waals surface area contributed by atoms with E-state index in [0.717, 1.165) is 32.3 Å². The van der Waals surface area contributed by atoms with E-state index in [9.17, 15) is 0 Å². The van der Waals surface area contributed by atoms with E-state index in [1.54, 1.807) is 11.8 Å². The summed E-state index contributed by atoms with van der Waals surface area (Å²) in [5.74, 6) is 1.55. The molecule has 2 aromatic carbocycles. The lowest BCUT2D eigenvalue weighted by Gasteiger charge is -2.08. The van der Waals surface area contributed by atoms with Gasteiger partial charge < -0.3 is 0 Å². The topological polar surface area (TPSA) is 30.7 Å². The Kier molecular flexibility index (Phi) is 6.23. The third kappa shape index (κ3) is 4.47. The quantitative estimate of drug-likeness (QED) is 0.315. The van der Waals surface area contributed by atoms with Crippen molar-refractivity contribution in [1.82, 2.24) is 14.8 Å². The van der Waals surface area contributed by atoms with Crippen molar-refractivity contribution < 1.29 is 0 Å². The van der Waals surface area contributed by atoms with Crippen LogP contribution in [0.15, 0.2) is 64.7 Å². The molecule has 3 rings (SSSR count). The molecule has 128 valence electrons. The molecule has 0 aliphatic rings. The largest absolute Gasteiger partial charge is 0.298 e. The van der Waals surface area contributed by atoms with Crippen molar-refractivity contribution in [2.45, 2.75) is 17.5 Å². The predicted octanol–water partition coefficient (Wildman–Crippen LogP) is 6.49. The van der Waals surface area contributed by atoms with Crippen molar-refractivity contribution in [3.05, 3.63) is 75.2 Å². The molecule has 0 aliphatic carbocycles. The van der Waals surface area contributed by atoms with Crippen LogP contribution in [-0.2, 0) is 12.3 Å². The fraction of sp³-hybridized carbons (Fsp3) is 0.111. The highest BCUT2D eigenvalue weighted by atomic mass is 79.9. The van der Waals surface area contributed by atoms with E-state index in [0.29, 0.717) is 16.6 Å². The molecule has 1 aromatic heterocycles. The number of nitrogens with zero attached hydrogens (tertiary/aromatic N) is 3. The second-order valence-electron chi connectivity index (χ2n) is 5.25. The molecule has 0 bridgehead atoms. The van der Waals surface area contributed by atoms with E-state index in [2.05, 4.69) is 37.3 Å². The summed E-state index contributed by atoms with van der Waals surface area (Å²) in [6, 6.07) is 13.7. The molecule has 0 atom stereocenters. The number of rotatable bonds is 6. The second kappa shape index (κ2) is 8.41. The summed E-state index contributed by atoms with van der Waals surface area (Å²) in [4.78, 5) is 0. The molecule has 7 heteroatoms.